The van der Waals surface area contributed by atoms with Crippen LogP contribution in [0.5, 0.6) is 0 Å². The molecule has 0 spiro atoms. The van der Waals surface area contributed by atoms with Crippen LogP contribution in [-0.2, 0) is 4.74 Å². The second-order valence-electron chi connectivity index (χ2n) is 4.26. The first-order chi connectivity index (χ1) is 5.40. The number of hydrogen-bond acceptors (Lipinski definition) is 1. The quantitative estimate of drug-likeness (QED) is 0.639. The molecule has 0 N–H and O–H groups in total. The molecule has 2 atom stereocenters. The Kier molecular flexibility index (Phi) is 4.76. The molecule has 74 valence electrons. The van der Waals surface area contributed by atoms with E-state index in [0.29, 0.717) is 0 Å². The van der Waals surface area contributed by atoms with Gasteiger partial charge in [0.25, 0.3) is 0 Å². The predicted molar refractivity (Wildman–Crippen MR) is 50.1 cm³/mol. The van der Waals surface area contributed by atoms with Crippen LogP contribution in [0.25, 0.3) is 0 Å². The van der Waals surface area contributed by atoms with Crippen molar-refractivity contribution < 1.29 is 9.13 Å². The highest BCUT2D eigenvalue weighted by molar-refractivity contribution is 4.69. The van der Waals surface area contributed by atoms with Crippen LogP contribution in [0.2, 0.25) is 0 Å². The summed E-state index contributed by atoms with van der Waals surface area (Å²) in [5, 5.41) is 0. The van der Waals surface area contributed by atoms with Crippen molar-refractivity contribution in [1.29, 1.82) is 0 Å². The number of ether oxygens (including phenoxy) is 1. The lowest BCUT2D eigenvalue weighted by molar-refractivity contribution is -0.0799. The molecule has 0 aromatic carbocycles. The second-order valence-corrected chi connectivity index (χ2v) is 4.26. The van der Waals surface area contributed by atoms with Gasteiger partial charge in [-0.05, 0) is 34.1 Å². The van der Waals surface area contributed by atoms with Crippen LogP contribution < -0.4 is 0 Å². The van der Waals surface area contributed by atoms with E-state index in [4.69, 9.17) is 4.74 Å². The van der Waals surface area contributed by atoms with E-state index < -0.39 is 0 Å². The Morgan fingerprint density at radius 2 is 1.83 bits per heavy atom. The van der Waals surface area contributed by atoms with E-state index in [9.17, 15) is 4.39 Å². The highest BCUT2D eigenvalue weighted by atomic mass is 19.1. The first-order valence-electron chi connectivity index (χ1n) is 4.64. The number of rotatable bonds is 4. The molecule has 1 nitrogen and oxygen atoms in total. The Labute approximate surface area is 75.3 Å². The van der Waals surface area contributed by atoms with Gasteiger partial charge >= 0.3 is 0 Å². The van der Waals surface area contributed by atoms with Crippen LogP contribution in [0.3, 0.4) is 0 Å². The van der Waals surface area contributed by atoms with E-state index in [2.05, 4.69) is 0 Å². The van der Waals surface area contributed by atoms with Gasteiger partial charge in [0, 0.05) is 5.92 Å². The van der Waals surface area contributed by atoms with Gasteiger partial charge in [0.2, 0.25) is 0 Å². The molecular weight excluding hydrogens is 155 g/mol. The molecule has 0 aliphatic carbocycles. The Morgan fingerprint density at radius 3 is 2.08 bits per heavy atom. The van der Waals surface area contributed by atoms with Gasteiger partial charge < -0.3 is 4.74 Å². The van der Waals surface area contributed by atoms with Crippen molar-refractivity contribution in [2.45, 2.75) is 52.7 Å². The third-order valence-corrected chi connectivity index (χ3v) is 1.93. The summed E-state index contributed by atoms with van der Waals surface area (Å²) in [4.78, 5) is 0. The van der Waals surface area contributed by atoms with E-state index in [1.165, 1.54) is 0 Å². The summed E-state index contributed by atoms with van der Waals surface area (Å²) in [5.74, 6) is 0.0456. The molecule has 0 aliphatic rings. The van der Waals surface area contributed by atoms with Crippen LogP contribution in [-0.4, -0.2) is 18.4 Å². The molecule has 2 heteroatoms. The van der Waals surface area contributed by atoms with Crippen LogP contribution >= 0.6 is 0 Å². The van der Waals surface area contributed by atoms with Gasteiger partial charge in [-0.25, -0.2) is 0 Å². The van der Waals surface area contributed by atoms with E-state index >= 15 is 0 Å². The third kappa shape index (κ3) is 4.70. The summed E-state index contributed by atoms with van der Waals surface area (Å²) >= 11 is 0. The Balaban J connectivity index is 3.92. The lowest BCUT2D eigenvalue weighted by atomic mass is 10.0. The molecule has 0 fully saturated rings. The summed E-state index contributed by atoms with van der Waals surface area (Å²) in [6.07, 6.45) is 0.855. The van der Waals surface area contributed by atoms with Crippen molar-refractivity contribution in [3.63, 3.8) is 0 Å². The lowest BCUT2D eigenvalue weighted by Gasteiger charge is -2.29. The average molecular weight is 176 g/mol. The van der Waals surface area contributed by atoms with Gasteiger partial charge in [0.15, 0.2) is 0 Å². The fourth-order valence-electron chi connectivity index (χ4n) is 1.22. The summed E-state index contributed by atoms with van der Waals surface area (Å²) in [7, 11) is 0. The first-order valence-corrected chi connectivity index (χ1v) is 4.64. The standard InChI is InChI=1S/C10H21FO/c1-6-9(7-11)8(2)12-10(3,4)5/h8-9H,6-7H2,1-5H3/t8?,9-/m1/s1. The van der Waals surface area contributed by atoms with Crippen LogP contribution in [0.15, 0.2) is 0 Å². The number of hydrogen-bond donors (Lipinski definition) is 0. The zero-order valence-corrected chi connectivity index (χ0v) is 8.86. The van der Waals surface area contributed by atoms with Gasteiger partial charge in [0.1, 0.15) is 0 Å². The smallest absolute Gasteiger partial charge is 0.0947 e. The molecule has 0 bridgehead atoms. The summed E-state index contributed by atoms with van der Waals surface area (Å²) in [6.45, 7) is 9.64. The molecular formula is C10H21FO. The number of halogens is 1. The lowest BCUT2D eigenvalue weighted by Crippen LogP contribution is -2.31. The summed E-state index contributed by atoms with van der Waals surface area (Å²) < 4.78 is 18.0. The first kappa shape index (κ1) is 11.9. The fraction of sp³-hybridized carbons (Fsp3) is 1.00. The normalized spacial score (nSPS) is 17.5. The van der Waals surface area contributed by atoms with Crippen LogP contribution in [0.1, 0.15) is 41.0 Å². The maximum atomic E-state index is 12.4. The van der Waals surface area contributed by atoms with Gasteiger partial charge in [-0.1, -0.05) is 6.92 Å². The molecule has 0 saturated carbocycles. The van der Waals surface area contributed by atoms with Crippen molar-refractivity contribution in [1.82, 2.24) is 0 Å². The topological polar surface area (TPSA) is 9.23 Å². The monoisotopic (exact) mass is 176 g/mol. The van der Waals surface area contributed by atoms with Crippen LogP contribution in [0.4, 0.5) is 4.39 Å². The molecule has 12 heavy (non-hydrogen) atoms. The minimum absolute atomic E-state index is 0.0139. The molecule has 0 aromatic heterocycles. The second kappa shape index (κ2) is 4.80. The Bertz CT molecular complexity index is 113. The predicted octanol–water partition coefficient (Wildman–Crippen LogP) is 3.19. The average Bonchev–Trinajstić information content (AvgIpc) is 1.85. The minimum Gasteiger partial charge on any atom is -0.373 e. The molecule has 1 unspecified atom stereocenters. The van der Waals surface area contributed by atoms with E-state index in [1.807, 2.05) is 34.6 Å². The third-order valence-electron chi connectivity index (χ3n) is 1.93. The molecule has 0 rings (SSSR count). The zero-order chi connectivity index (χ0) is 9.78. The van der Waals surface area contributed by atoms with Gasteiger partial charge in [-0.3, -0.25) is 4.39 Å². The zero-order valence-electron chi connectivity index (χ0n) is 8.86. The molecule has 0 radical (unpaired) electrons. The fourth-order valence-corrected chi connectivity index (χ4v) is 1.22. The van der Waals surface area contributed by atoms with E-state index in [-0.39, 0.29) is 24.3 Å². The van der Waals surface area contributed by atoms with Gasteiger partial charge in [-0.2, -0.15) is 0 Å². The number of alkyl halides is 1. The van der Waals surface area contributed by atoms with Gasteiger partial charge in [-0.15, -0.1) is 0 Å². The van der Waals surface area contributed by atoms with Crippen molar-refractivity contribution in [3.8, 4) is 0 Å². The van der Waals surface area contributed by atoms with E-state index in [1.54, 1.807) is 0 Å². The van der Waals surface area contributed by atoms with Crippen LogP contribution in [0, 0.1) is 5.92 Å². The molecule has 0 saturated heterocycles. The minimum atomic E-state index is -0.284. The molecule has 0 aliphatic heterocycles. The Morgan fingerprint density at radius 1 is 1.33 bits per heavy atom. The Hall–Kier alpha value is -0.110. The maximum Gasteiger partial charge on any atom is 0.0947 e. The van der Waals surface area contributed by atoms with Crippen molar-refractivity contribution in [3.05, 3.63) is 0 Å². The van der Waals surface area contributed by atoms with Crippen molar-refractivity contribution in [2.75, 3.05) is 6.67 Å². The van der Waals surface area contributed by atoms with Gasteiger partial charge in [0.05, 0.1) is 18.4 Å². The van der Waals surface area contributed by atoms with Crippen molar-refractivity contribution >= 4 is 0 Å². The summed E-state index contributed by atoms with van der Waals surface area (Å²) in [6, 6.07) is 0. The SMILES string of the molecule is CC[C@H](CF)C(C)OC(C)(C)C. The molecule has 0 heterocycles. The molecule has 0 aromatic rings. The molecule has 0 amide bonds. The maximum absolute atomic E-state index is 12.4. The van der Waals surface area contributed by atoms with Crippen molar-refractivity contribution in [2.24, 2.45) is 5.92 Å². The highest BCUT2D eigenvalue weighted by Gasteiger charge is 2.21. The highest BCUT2D eigenvalue weighted by Crippen LogP contribution is 2.19. The summed E-state index contributed by atoms with van der Waals surface area (Å²) in [5.41, 5.74) is -0.165. The van der Waals surface area contributed by atoms with E-state index in [0.717, 1.165) is 6.42 Å². The largest absolute Gasteiger partial charge is 0.373 e.